The summed E-state index contributed by atoms with van der Waals surface area (Å²) in [6.45, 7) is 0. The predicted octanol–water partition coefficient (Wildman–Crippen LogP) is 1.95. The number of carbonyl (C=O) groups is 1. The van der Waals surface area contributed by atoms with E-state index < -0.39 is 0 Å². The summed E-state index contributed by atoms with van der Waals surface area (Å²) in [5.41, 5.74) is 1.09. The second kappa shape index (κ2) is 6.17. The molecule has 0 aliphatic carbocycles. The molecule has 1 aliphatic rings. The van der Waals surface area contributed by atoms with Crippen LogP contribution in [0, 0.1) is 0 Å². The molecule has 0 aromatic carbocycles. The van der Waals surface area contributed by atoms with Gasteiger partial charge in [0.2, 0.25) is 5.88 Å². The van der Waals surface area contributed by atoms with Gasteiger partial charge in [-0.1, -0.05) is 0 Å². The van der Waals surface area contributed by atoms with Gasteiger partial charge < -0.3 is 10.1 Å². The second-order valence-corrected chi connectivity index (χ2v) is 5.97. The van der Waals surface area contributed by atoms with Crippen LogP contribution in [0.5, 0.6) is 5.88 Å². The van der Waals surface area contributed by atoms with Gasteiger partial charge in [-0.3, -0.25) is 9.48 Å². The van der Waals surface area contributed by atoms with Crippen LogP contribution < -0.4 is 10.1 Å². The molecular weight excluding hydrogens is 288 g/mol. The van der Waals surface area contributed by atoms with Crippen molar-refractivity contribution in [2.75, 3.05) is 16.8 Å². The molecule has 1 fully saturated rings. The monoisotopic (exact) mass is 304 g/mol. The van der Waals surface area contributed by atoms with Gasteiger partial charge in [-0.2, -0.15) is 16.9 Å². The Morgan fingerprint density at radius 1 is 1.57 bits per heavy atom. The molecule has 0 radical (unpaired) electrons. The Balaban J connectivity index is 1.75. The molecule has 1 atom stereocenters. The third kappa shape index (κ3) is 3.36. The zero-order valence-electron chi connectivity index (χ0n) is 11.7. The maximum atomic E-state index is 12.3. The molecule has 6 nitrogen and oxygen atoms in total. The van der Waals surface area contributed by atoms with Crippen molar-refractivity contribution in [1.82, 2.24) is 14.8 Å². The Morgan fingerprint density at radius 2 is 2.48 bits per heavy atom. The minimum atomic E-state index is -0.239. The quantitative estimate of drug-likeness (QED) is 0.935. The molecule has 2 aromatic rings. The fourth-order valence-corrected chi connectivity index (χ4v) is 3.20. The normalized spacial score (nSPS) is 17.7. The minimum absolute atomic E-state index is 0.134. The number of nitrogens with zero attached hydrogens (tertiary/aromatic N) is 3. The van der Waals surface area contributed by atoms with Crippen LogP contribution in [-0.2, 0) is 7.05 Å². The van der Waals surface area contributed by atoms with Crippen LogP contribution in [0.4, 0.5) is 5.69 Å². The molecule has 0 spiro atoms. The Hall–Kier alpha value is -2.02. The number of rotatable bonds is 4. The Morgan fingerprint density at radius 3 is 3.19 bits per heavy atom. The molecule has 1 unspecified atom stereocenters. The van der Waals surface area contributed by atoms with E-state index in [9.17, 15) is 4.79 Å². The number of anilines is 1. The lowest BCUT2D eigenvalue weighted by atomic mass is 10.2. The van der Waals surface area contributed by atoms with Gasteiger partial charge >= 0.3 is 0 Å². The molecule has 21 heavy (non-hydrogen) atoms. The summed E-state index contributed by atoms with van der Waals surface area (Å²) in [6, 6.07) is 3.45. The van der Waals surface area contributed by atoms with Gasteiger partial charge in [0.1, 0.15) is 11.7 Å². The van der Waals surface area contributed by atoms with E-state index in [1.165, 1.54) is 0 Å². The van der Waals surface area contributed by atoms with Crippen molar-refractivity contribution in [2.45, 2.75) is 12.5 Å². The highest BCUT2D eigenvalue weighted by atomic mass is 32.2. The summed E-state index contributed by atoms with van der Waals surface area (Å²) >= 11 is 1.86. The predicted molar refractivity (Wildman–Crippen MR) is 81.8 cm³/mol. The van der Waals surface area contributed by atoms with Crippen LogP contribution in [0.1, 0.15) is 16.8 Å². The molecule has 1 amide bonds. The molecular formula is C14H16N4O2S. The van der Waals surface area contributed by atoms with Gasteiger partial charge in [0.15, 0.2) is 0 Å². The summed E-state index contributed by atoms with van der Waals surface area (Å²) in [6.07, 6.45) is 6.10. The molecule has 1 saturated heterocycles. The molecule has 1 N–H and O–H groups in total. The van der Waals surface area contributed by atoms with Gasteiger partial charge in [0.25, 0.3) is 5.91 Å². The third-order valence-electron chi connectivity index (χ3n) is 3.14. The van der Waals surface area contributed by atoms with Gasteiger partial charge in [0.05, 0.1) is 11.9 Å². The lowest BCUT2D eigenvalue weighted by molar-refractivity contribution is 0.101. The van der Waals surface area contributed by atoms with Crippen molar-refractivity contribution in [2.24, 2.45) is 7.05 Å². The van der Waals surface area contributed by atoms with Crippen molar-refractivity contribution in [3.63, 3.8) is 0 Å². The maximum absolute atomic E-state index is 12.3. The molecule has 0 saturated carbocycles. The van der Waals surface area contributed by atoms with Gasteiger partial charge in [-0.05, 0) is 24.3 Å². The lowest BCUT2D eigenvalue weighted by Crippen LogP contribution is -2.20. The van der Waals surface area contributed by atoms with Gasteiger partial charge in [0, 0.05) is 25.2 Å². The van der Waals surface area contributed by atoms with E-state index in [2.05, 4.69) is 15.4 Å². The van der Waals surface area contributed by atoms with Crippen LogP contribution in [0.15, 0.2) is 30.7 Å². The molecule has 3 rings (SSSR count). The van der Waals surface area contributed by atoms with E-state index in [0.717, 1.165) is 17.9 Å². The molecule has 1 aliphatic heterocycles. The Kier molecular flexibility index (Phi) is 4.10. The highest BCUT2D eigenvalue weighted by Crippen LogP contribution is 2.24. The van der Waals surface area contributed by atoms with E-state index in [4.69, 9.17) is 4.74 Å². The second-order valence-electron chi connectivity index (χ2n) is 4.82. The average molecular weight is 304 g/mol. The first kappa shape index (κ1) is 13.9. The zero-order valence-corrected chi connectivity index (χ0v) is 12.5. The standard InChI is InChI=1S/C14H16N4O2S/c1-18-8-10(7-16-18)17-13(19)12-3-2-5-15-14(12)20-11-4-6-21-9-11/h2-3,5,7-8,11H,4,6,9H2,1H3,(H,17,19). The van der Waals surface area contributed by atoms with E-state index in [-0.39, 0.29) is 12.0 Å². The van der Waals surface area contributed by atoms with Crippen molar-refractivity contribution in [3.8, 4) is 5.88 Å². The smallest absolute Gasteiger partial charge is 0.261 e. The van der Waals surface area contributed by atoms with Crippen molar-refractivity contribution in [1.29, 1.82) is 0 Å². The number of nitrogens with one attached hydrogen (secondary N) is 1. The zero-order chi connectivity index (χ0) is 14.7. The van der Waals surface area contributed by atoms with Gasteiger partial charge in [-0.15, -0.1) is 0 Å². The molecule has 7 heteroatoms. The summed E-state index contributed by atoms with van der Waals surface area (Å²) < 4.78 is 7.49. The first-order chi connectivity index (χ1) is 10.2. The number of ether oxygens (including phenoxy) is 1. The Bertz CT molecular complexity index is 637. The number of pyridine rings is 1. The molecule has 110 valence electrons. The topological polar surface area (TPSA) is 69.0 Å². The number of carbonyl (C=O) groups excluding carboxylic acids is 1. The summed E-state index contributed by atoms with van der Waals surface area (Å²) in [5, 5.41) is 6.82. The lowest BCUT2D eigenvalue weighted by Gasteiger charge is -2.14. The number of amides is 1. The van der Waals surface area contributed by atoms with E-state index in [1.807, 2.05) is 11.8 Å². The van der Waals surface area contributed by atoms with Crippen molar-refractivity contribution >= 4 is 23.4 Å². The molecule has 3 heterocycles. The fraction of sp³-hybridized carbons (Fsp3) is 0.357. The van der Waals surface area contributed by atoms with Crippen LogP contribution >= 0.6 is 11.8 Å². The number of thioether (sulfide) groups is 1. The van der Waals surface area contributed by atoms with E-state index in [0.29, 0.717) is 17.1 Å². The first-order valence-electron chi connectivity index (χ1n) is 6.72. The number of hydrogen-bond donors (Lipinski definition) is 1. The number of hydrogen-bond acceptors (Lipinski definition) is 5. The van der Waals surface area contributed by atoms with Crippen molar-refractivity contribution < 1.29 is 9.53 Å². The Labute approximate surface area is 126 Å². The highest BCUT2D eigenvalue weighted by Gasteiger charge is 2.21. The van der Waals surface area contributed by atoms with E-state index >= 15 is 0 Å². The maximum Gasteiger partial charge on any atom is 0.261 e. The van der Waals surface area contributed by atoms with E-state index in [1.54, 1.807) is 42.5 Å². The average Bonchev–Trinajstić information content (AvgIpc) is 3.11. The first-order valence-corrected chi connectivity index (χ1v) is 7.87. The van der Waals surface area contributed by atoms with Crippen LogP contribution in [0.3, 0.4) is 0 Å². The molecule has 2 aromatic heterocycles. The number of aryl methyl sites for hydroxylation is 1. The summed E-state index contributed by atoms with van der Waals surface area (Å²) in [4.78, 5) is 16.5. The van der Waals surface area contributed by atoms with Crippen molar-refractivity contribution in [3.05, 3.63) is 36.3 Å². The highest BCUT2D eigenvalue weighted by molar-refractivity contribution is 7.99. The largest absolute Gasteiger partial charge is 0.473 e. The molecule has 0 bridgehead atoms. The minimum Gasteiger partial charge on any atom is -0.473 e. The fourth-order valence-electron chi connectivity index (χ4n) is 2.11. The SMILES string of the molecule is Cn1cc(NC(=O)c2cccnc2OC2CCSC2)cn1. The van der Waals surface area contributed by atoms with Crippen LogP contribution in [0.25, 0.3) is 0 Å². The summed E-state index contributed by atoms with van der Waals surface area (Å²) in [7, 11) is 1.80. The van der Waals surface area contributed by atoms with Gasteiger partial charge in [-0.25, -0.2) is 4.98 Å². The summed E-state index contributed by atoms with van der Waals surface area (Å²) in [5.74, 6) is 2.19. The number of aromatic nitrogens is 3. The third-order valence-corrected chi connectivity index (χ3v) is 4.28. The van der Waals surface area contributed by atoms with Crippen LogP contribution in [-0.4, -0.2) is 38.3 Å². The van der Waals surface area contributed by atoms with Crippen LogP contribution in [0.2, 0.25) is 0 Å².